The third kappa shape index (κ3) is 4.03. The molecule has 4 heterocycles. The lowest BCUT2D eigenvalue weighted by Gasteiger charge is -2.05. The quantitative estimate of drug-likeness (QED) is 0.260. The second-order valence-corrected chi connectivity index (χ2v) is 8.99. The molecule has 6 aromatic rings. The SMILES string of the molecule is CCNCc1cncc(-c2ccc3[nH]nc(-c4cc5c(-c6cc(C)cc(F)c6)cccc5[nH]4)c3n2)c1. The molecule has 0 amide bonds. The number of hydrogen-bond acceptors (Lipinski definition) is 4. The van der Waals surface area contributed by atoms with Crippen LogP contribution in [0.1, 0.15) is 18.1 Å². The lowest BCUT2D eigenvalue weighted by Crippen LogP contribution is -2.11. The van der Waals surface area contributed by atoms with Gasteiger partial charge in [-0.3, -0.25) is 10.1 Å². The third-order valence-electron chi connectivity index (χ3n) is 6.35. The van der Waals surface area contributed by atoms with Crippen LogP contribution in [-0.4, -0.2) is 31.7 Å². The molecule has 6 rings (SSSR count). The lowest BCUT2D eigenvalue weighted by atomic mass is 10.00. The van der Waals surface area contributed by atoms with Crippen molar-refractivity contribution >= 4 is 21.9 Å². The number of pyridine rings is 2. The smallest absolute Gasteiger partial charge is 0.135 e. The summed E-state index contributed by atoms with van der Waals surface area (Å²) in [5.74, 6) is -0.239. The highest BCUT2D eigenvalue weighted by atomic mass is 19.1. The van der Waals surface area contributed by atoms with Crippen molar-refractivity contribution in [3.05, 3.63) is 90.0 Å². The molecule has 6 nitrogen and oxygen atoms in total. The van der Waals surface area contributed by atoms with Gasteiger partial charge in [-0.2, -0.15) is 5.10 Å². The van der Waals surface area contributed by atoms with Gasteiger partial charge < -0.3 is 10.3 Å². The predicted molar refractivity (Wildman–Crippen MR) is 142 cm³/mol. The first kappa shape index (κ1) is 22.1. The van der Waals surface area contributed by atoms with Gasteiger partial charge in [0, 0.05) is 35.4 Å². The monoisotopic (exact) mass is 476 g/mol. The van der Waals surface area contributed by atoms with Crippen molar-refractivity contribution in [2.75, 3.05) is 6.54 Å². The molecule has 7 heteroatoms. The van der Waals surface area contributed by atoms with Gasteiger partial charge in [-0.05, 0) is 78.2 Å². The first-order valence-corrected chi connectivity index (χ1v) is 12.0. The fourth-order valence-electron chi connectivity index (χ4n) is 4.67. The fraction of sp³-hybridized carbons (Fsp3) is 0.138. The van der Waals surface area contributed by atoms with E-state index in [1.165, 1.54) is 6.07 Å². The van der Waals surface area contributed by atoms with Crippen molar-refractivity contribution in [2.45, 2.75) is 20.4 Å². The molecule has 0 radical (unpaired) electrons. The molecule has 0 saturated heterocycles. The number of hydrogen-bond donors (Lipinski definition) is 3. The average molecular weight is 477 g/mol. The first-order valence-electron chi connectivity index (χ1n) is 12.0. The number of aryl methyl sites for hydroxylation is 1. The largest absolute Gasteiger partial charge is 0.353 e. The van der Waals surface area contributed by atoms with Crippen molar-refractivity contribution in [3.8, 4) is 33.8 Å². The maximum atomic E-state index is 14.1. The Balaban J connectivity index is 1.44. The molecule has 0 saturated carbocycles. The molecule has 178 valence electrons. The summed E-state index contributed by atoms with van der Waals surface area (Å²) in [4.78, 5) is 12.8. The topological polar surface area (TPSA) is 82.3 Å². The average Bonchev–Trinajstić information content (AvgIpc) is 3.50. The number of fused-ring (bicyclic) bond motifs is 2. The van der Waals surface area contributed by atoms with Crippen molar-refractivity contribution in [1.82, 2.24) is 30.5 Å². The highest BCUT2D eigenvalue weighted by Crippen LogP contribution is 2.34. The number of rotatable bonds is 6. The lowest BCUT2D eigenvalue weighted by molar-refractivity contribution is 0.627. The number of aromatic nitrogens is 5. The van der Waals surface area contributed by atoms with E-state index in [-0.39, 0.29) is 5.82 Å². The summed E-state index contributed by atoms with van der Waals surface area (Å²) in [7, 11) is 0. The Bertz CT molecular complexity index is 1690. The van der Waals surface area contributed by atoms with Crippen molar-refractivity contribution in [2.24, 2.45) is 0 Å². The molecule has 4 aromatic heterocycles. The number of nitrogens with one attached hydrogen (secondary N) is 3. The molecule has 0 unspecified atom stereocenters. The Kier molecular flexibility index (Phi) is 5.54. The normalized spacial score (nSPS) is 11.5. The molecular weight excluding hydrogens is 451 g/mol. The van der Waals surface area contributed by atoms with E-state index in [1.54, 1.807) is 6.07 Å². The highest BCUT2D eigenvalue weighted by Gasteiger charge is 2.16. The van der Waals surface area contributed by atoms with Gasteiger partial charge in [0.15, 0.2) is 0 Å². The van der Waals surface area contributed by atoms with Gasteiger partial charge in [-0.1, -0.05) is 25.1 Å². The van der Waals surface area contributed by atoms with E-state index in [0.29, 0.717) is 0 Å². The molecule has 0 aliphatic heterocycles. The molecule has 3 N–H and O–H groups in total. The molecule has 0 spiro atoms. The molecule has 36 heavy (non-hydrogen) atoms. The summed E-state index contributed by atoms with van der Waals surface area (Å²) < 4.78 is 14.1. The molecule has 0 aliphatic rings. The van der Waals surface area contributed by atoms with Gasteiger partial charge in [0.1, 0.15) is 17.0 Å². The van der Waals surface area contributed by atoms with E-state index in [2.05, 4.69) is 44.5 Å². The number of H-pyrrole nitrogens is 2. The van der Waals surface area contributed by atoms with Gasteiger partial charge in [0.25, 0.3) is 0 Å². The third-order valence-corrected chi connectivity index (χ3v) is 6.35. The van der Waals surface area contributed by atoms with E-state index in [0.717, 1.165) is 79.9 Å². The van der Waals surface area contributed by atoms with E-state index in [1.807, 2.05) is 55.7 Å². The predicted octanol–water partition coefficient (Wildman–Crippen LogP) is 6.39. The van der Waals surface area contributed by atoms with Crippen LogP contribution in [0.5, 0.6) is 0 Å². The summed E-state index contributed by atoms with van der Waals surface area (Å²) in [6, 6.07) is 19.3. The summed E-state index contributed by atoms with van der Waals surface area (Å²) >= 11 is 0. The van der Waals surface area contributed by atoms with Crippen molar-refractivity contribution < 1.29 is 4.39 Å². The van der Waals surface area contributed by atoms with Crippen LogP contribution in [-0.2, 0) is 6.54 Å². The molecule has 0 bridgehead atoms. The molecule has 0 atom stereocenters. The van der Waals surface area contributed by atoms with Gasteiger partial charge in [0.05, 0.1) is 16.9 Å². The minimum atomic E-state index is -0.239. The van der Waals surface area contributed by atoms with Gasteiger partial charge in [-0.15, -0.1) is 0 Å². The minimum Gasteiger partial charge on any atom is -0.353 e. The Hall–Kier alpha value is -4.36. The van der Waals surface area contributed by atoms with Crippen LogP contribution < -0.4 is 5.32 Å². The van der Waals surface area contributed by atoms with E-state index >= 15 is 0 Å². The van der Waals surface area contributed by atoms with Crippen molar-refractivity contribution in [1.29, 1.82) is 0 Å². The molecular formula is C29H25FN6. The second kappa shape index (κ2) is 9.02. The van der Waals surface area contributed by atoms with Crippen molar-refractivity contribution in [3.63, 3.8) is 0 Å². The molecule has 0 fully saturated rings. The highest BCUT2D eigenvalue weighted by molar-refractivity contribution is 6.00. The second-order valence-electron chi connectivity index (χ2n) is 8.99. The first-order chi connectivity index (χ1) is 17.6. The summed E-state index contributed by atoms with van der Waals surface area (Å²) in [5.41, 5.74) is 9.78. The fourth-order valence-corrected chi connectivity index (χ4v) is 4.67. The Morgan fingerprint density at radius 1 is 0.944 bits per heavy atom. The van der Waals surface area contributed by atoms with E-state index < -0.39 is 0 Å². The summed E-state index contributed by atoms with van der Waals surface area (Å²) in [5, 5.41) is 12.0. The molecule has 2 aromatic carbocycles. The number of halogens is 1. The zero-order chi connectivity index (χ0) is 24.6. The van der Waals surface area contributed by atoms with Crippen LogP contribution >= 0.6 is 0 Å². The van der Waals surface area contributed by atoms with Gasteiger partial charge in [0.2, 0.25) is 0 Å². The van der Waals surface area contributed by atoms with Crippen LogP contribution in [0.4, 0.5) is 4.39 Å². The Morgan fingerprint density at radius 3 is 2.72 bits per heavy atom. The Labute approximate surface area is 207 Å². The number of aromatic amines is 2. The van der Waals surface area contributed by atoms with Crippen LogP contribution in [0.2, 0.25) is 0 Å². The van der Waals surface area contributed by atoms with E-state index in [4.69, 9.17) is 4.98 Å². The Morgan fingerprint density at radius 2 is 1.86 bits per heavy atom. The minimum absolute atomic E-state index is 0.239. The zero-order valence-corrected chi connectivity index (χ0v) is 20.1. The zero-order valence-electron chi connectivity index (χ0n) is 20.1. The molecule has 0 aliphatic carbocycles. The standard InChI is InChI=1S/C29H25FN6/c1-3-31-14-18-11-20(16-32-15-18)24-7-8-26-28(34-24)29(36-35-26)27-13-23-22(5-4-6-25(23)33-27)19-9-17(2)10-21(30)12-19/h4-13,15-16,31,33H,3,14H2,1-2H3,(H,35,36). The van der Waals surface area contributed by atoms with Crippen LogP contribution in [0.25, 0.3) is 55.7 Å². The number of nitrogens with zero attached hydrogens (tertiary/aromatic N) is 3. The van der Waals surface area contributed by atoms with Gasteiger partial charge >= 0.3 is 0 Å². The van der Waals surface area contributed by atoms with E-state index in [9.17, 15) is 4.39 Å². The van der Waals surface area contributed by atoms with Gasteiger partial charge in [-0.25, -0.2) is 9.37 Å². The summed E-state index contributed by atoms with van der Waals surface area (Å²) in [6.07, 6.45) is 3.70. The summed E-state index contributed by atoms with van der Waals surface area (Å²) in [6.45, 7) is 5.65. The van der Waals surface area contributed by atoms with Crippen LogP contribution in [0.3, 0.4) is 0 Å². The van der Waals surface area contributed by atoms with Crippen LogP contribution in [0.15, 0.2) is 73.1 Å². The number of benzene rings is 2. The van der Waals surface area contributed by atoms with Crippen LogP contribution in [0, 0.1) is 12.7 Å². The maximum absolute atomic E-state index is 14.1. The maximum Gasteiger partial charge on any atom is 0.135 e.